The molecule has 0 saturated carbocycles. The molecule has 0 amide bonds. The standard InChI is InChI=1S/C17H29NO3/c1-7-9-12(2)20-15-11-8-10-14(13(15)3)18-21-16(19)17(4,5)6/h12H,7-11H2,1-6H3. The Hall–Kier alpha value is -1.32. The molecule has 0 fully saturated rings. The SMILES string of the molecule is CCCC(C)OC1=C(C)C(=NOC(=O)C(C)(C)C)CCC1. The van der Waals surface area contributed by atoms with Crippen LogP contribution in [0.2, 0.25) is 0 Å². The smallest absolute Gasteiger partial charge is 0.340 e. The molecule has 1 aliphatic carbocycles. The van der Waals surface area contributed by atoms with Gasteiger partial charge in [0, 0.05) is 12.0 Å². The second-order valence-electron chi connectivity index (χ2n) is 6.79. The molecule has 1 unspecified atom stereocenters. The molecule has 0 bridgehead atoms. The average Bonchev–Trinajstić information content (AvgIpc) is 2.38. The third-order valence-corrected chi connectivity index (χ3v) is 3.56. The molecular weight excluding hydrogens is 266 g/mol. The summed E-state index contributed by atoms with van der Waals surface area (Å²) in [7, 11) is 0. The maximum absolute atomic E-state index is 11.8. The quantitative estimate of drug-likeness (QED) is 0.550. The number of rotatable bonds is 5. The highest BCUT2D eigenvalue weighted by atomic mass is 16.7. The molecule has 1 rings (SSSR count). The predicted molar refractivity (Wildman–Crippen MR) is 85.0 cm³/mol. The number of hydrogen-bond donors (Lipinski definition) is 0. The number of carbonyl (C=O) groups is 1. The molecule has 120 valence electrons. The number of oxime groups is 1. The molecule has 4 heteroatoms. The van der Waals surface area contributed by atoms with E-state index >= 15 is 0 Å². The van der Waals surface area contributed by atoms with Crippen LogP contribution >= 0.6 is 0 Å². The van der Waals surface area contributed by atoms with E-state index in [4.69, 9.17) is 9.57 Å². The Balaban J connectivity index is 2.77. The van der Waals surface area contributed by atoms with Crippen molar-refractivity contribution < 1.29 is 14.4 Å². The summed E-state index contributed by atoms with van der Waals surface area (Å²) in [6, 6.07) is 0. The molecule has 0 spiro atoms. The summed E-state index contributed by atoms with van der Waals surface area (Å²) in [6.07, 6.45) is 5.12. The van der Waals surface area contributed by atoms with Gasteiger partial charge in [-0.05, 0) is 53.9 Å². The molecule has 0 aliphatic heterocycles. The van der Waals surface area contributed by atoms with Crippen molar-refractivity contribution in [1.29, 1.82) is 0 Å². The second kappa shape index (κ2) is 7.62. The van der Waals surface area contributed by atoms with Crippen LogP contribution in [0.1, 0.15) is 73.6 Å². The normalized spacial score (nSPS) is 19.6. The predicted octanol–water partition coefficient (Wildman–Crippen LogP) is 4.59. The molecule has 1 aliphatic rings. The zero-order chi connectivity index (χ0) is 16.0. The number of carbonyl (C=O) groups excluding carboxylic acids is 1. The van der Waals surface area contributed by atoms with Crippen LogP contribution in [0.4, 0.5) is 0 Å². The van der Waals surface area contributed by atoms with E-state index in [0.717, 1.165) is 49.1 Å². The van der Waals surface area contributed by atoms with E-state index < -0.39 is 5.41 Å². The number of hydrogen-bond acceptors (Lipinski definition) is 4. The first-order valence-corrected chi connectivity index (χ1v) is 7.90. The van der Waals surface area contributed by atoms with Gasteiger partial charge < -0.3 is 9.57 Å². The van der Waals surface area contributed by atoms with E-state index in [2.05, 4.69) is 19.0 Å². The Labute approximate surface area is 128 Å². The van der Waals surface area contributed by atoms with Crippen molar-refractivity contribution in [2.45, 2.75) is 79.8 Å². The van der Waals surface area contributed by atoms with Gasteiger partial charge in [-0.1, -0.05) is 18.5 Å². The van der Waals surface area contributed by atoms with Crippen LogP contribution in [0.5, 0.6) is 0 Å². The van der Waals surface area contributed by atoms with Gasteiger partial charge in [0.2, 0.25) is 0 Å². The first kappa shape index (κ1) is 17.7. The largest absolute Gasteiger partial charge is 0.495 e. The zero-order valence-corrected chi connectivity index (χ0v) is 14.3. The molecule has 1 atom stereocenters. The van der Waals surface area contributed by atoms with Gasteiger partial charge in [0.25, 0.3) is 0 Å². The number of nitrogens with zero attached hydrogens (tertiary/aromatic N) is 1. The van der Waals surface area contributed by atoms with Crippen LogP contribution in [0, 0.1) is 5.41 Å². The summed E-state index contributed by atoms with van der Waals surface area (Å²) < 4.78 is 6.01. The van der Waals surface area contributed by atoms with Crippen LogP contribution in [-0.2, 0) is 14.4 Å². The molecule has 0 radical (unpaired) electrons. The Bertz CT molecular complexity index is 430. The Morgan fingerprint density at radius 3 is 2.57 bits per heavy atom. The van der Waals surface area contributed by atoms with Gasteiger partial charge in [-0.25, -0.2) is 4.79 Å². The third kappa shape index (κ3) is 5.52. The highest BCUT2D eigenvalue weighted by Gasteiger charge is 2.25. The Morgan fingerprint density at radius 2 is 2.00 bits per heavy atom. The van der Waals surface area contributed by atoms with Crippen LogP contribution in [0.3, 0.4) is 0 Å². The Morgan fingerprint density at radius 1 is 1.33 bits per heavy atom. The van der Waals surface area contributed by atoms with E-state index in [9.17, 15) is 4.79 Å². The third-order valence-electron chi connectivity index (χ3n) is 3.56. The molecule has 4 nitrogen and oxygen atoms in total. The van der Waals surface area contributed by atoms with E-state index in [1.807, 2.05) is 27.7 Å². The van der Waals surface area contributed by atoms with Crippen LogP contribution in [0.15, 0.2) is 16.5 Å². The molecule has 0 saturated heterocycles. The van der Waals surface area contributed by atoms with Gasteiger partial charge in [0.1, 0.15) is 5.76 Å². The molecule has 21 heavy (non-hydrogen) atoms. The van der Waals surface area contributed by atoms with Gasteiger partial charge in [0.15, 0.2) is 0 Å². The summed E-state index contributed by atoms with van der Waals surface area (Å²) in [5.74, 6) is 0.683. The van der Waals surface area contributed by atoms with E-state index in [1.165, 1.54) is 0 Å². The minimum absolute atomic E-state index is 0.219. The lowest BCUT2D eigenvalue weighted by Crippen LogP contribution is -2.22. The van der Waals surface area contributed by atoms with Crippen LogP contribution in [-0.4, -0.2) is 17.8 Å². The molecule has 0 aromatic heterocycles. The lowest BCUT2D eigenvalue weighted by molar-refractivity contribution is -0.152. The summed E-state index contributed by atoms with van der Waals surface area (Å²) in [5, 5.41) is 4.06. The fourth-order valence-electron chi connectivity index (χ4n) is 2.16. The van der Waals surface area contributed by atoms with Crippen molar-refractivity contribution in [1.82, 2.24) is 0 Å². The van der Waals surface area contributed by atoms with Gasteiger partial charge >= 0.3 is 5.97 Å². The van der Waals surface area contributed by atoms with Crippen molar-refractivity contribution in [3.05, 3.63) is 11.3 Å². The first-order chi connectivity index (χ1) is 9.75. The van der Waals surface area contributed by atoms with Crippen molar-refractivity contribution in [3.63, 3.8) is 0 Å². The van der Waals surface area contributed by atoms with Gasteiger partial charge in [-0.3, -0.25) is 0 Å². The summed E-state index contributed by atoms with van der Waals surface area (Å²) in [4.78, 5) is 16.9. The first-order valence-electron chi connectivity index (χ1n) is 7.90. The number of allylic oxidation sites excluding steroid dienone is 2. The van der Waals surface area contributed by atoms with E-state index in [1.54, 1.807) is 0 Å². The molecule has 0 heterocycles. The van der Waals surface area contributed by atoms with Crippen molar-refractivity contribution >= 4 is 11.7 Å². The van der Waals surface area contributed by atoms with Crippen LogP contribution < -0.4 is 0 Å². The molecule has 0 aromatic carbocycles. The summed E-state index contributed by atoms with van der Waals surface area (Å²) >= 11 is 0. The lowest BCUT2D eigenvalue weighted by Gasteiger charge is -2.23. The minimum Gasteiger partial charge on any atom is -0.495 e. The van der Waals surface area contributed by atoms with Gasteiger partial charge in [-0.2, -0.15) is 0 Å². The van der Waals surface area contributed by atoms with E-state index in [0.29, 0.717) is 0 Å². The lowest BCUT2D eigenvalue weighted by atomic mass is 9.96. The maximum atomic E-state index is 11.8. The second-order valence-corrected chi connectivity index (χ2v) is 6.79. The van der Waals surface area contributed by atoms with Crippen LogP contribution in [0.25, 0.3) is 0 Å². The number of ether oxygens (including phenoxy) is 1. The average molecular weight is 295 g/mol. The highest BCUT2D eigenvalue weighted by molar-refractivity contribution is 6.00. The monoisotopic (exact) mass is 295 g/mol. The van der Waals surface area contributed by atoms with Crippen molar-refractivity contribution in [3.8, 4) is 0 Å². The Kier molecular flexibility index (Phi) is 6.43. The van der Waals surface area contributed by atoms with Crippen molar-refractivity contribution in [2.75, 3.05) is 0 Å². The molecular formula is C17H29NO3. The minimum atomic E-state index is -0.536. The summed E-state index contributed by atoms with van der Waals surface area (Å²) in [5.41, 5.74) is 1.31. The maximum Gasteiger partial charge on any atom is 0.340 e. The molecule has 0 N–H and O–H groups in total. The zero-order valence-electron chi connectivity index (χ0n) is 14.3. The van der Waals surface area contributed by atoms with Crippen molar-refractivity contribution in [2.24, 2.45) is 10.6 Å². The van der Waals surface area contributed by atoms with Gasteiger partial charge in [0.05, 0.1) is 17.2 Å². The highest BCUT2D eigenvalue weighted by Crippen LogP contribution is 2.26. The van der Waals surface area contributed by atoms with Gasteiger partial charge in [-0.15, -0.1) is 0 Å². The molecule has 0 aromatic rings. The van der Waals surface area contributed by atoms with E-state index in [-0.39, 0.29) is 12.1 Å². The fraction of sp³-hybridized carbons (Fsp3) is 0.765. The topological polar surface area (TPSA) is 47.9 Å². The summed E-state index contributed by atoms with van der Waals surface area (Å²) in [6.45, 7) is 11.7. The fourth-order valence-corrected chi connectivity index (χ4v) is 2.16.